The Morgan fingerprint density at radius 1 is 1.45 bits per heavy atom. The molecule has 0 unspecified atom stereocenters. The van der Waals surface area contributed by atoms with Crippen LogP contribution in [0.2, 0.25) is 0 Å². The van der Waals surface area contributed by atoms with E-state index in [2.05, 4.69) is 10.3 Å². The van der Waals surface area contributed by atoms with Crippen molar-refractivity contribution in [3.05, 3.63) is 23.6 Å². The number of anilines is 1. The summed E-state index contributed by atoms with van der Waals surface area (Å²) in [7, 11) is 0. The Balaban J connectivity index is 2.43. The largest absolute Gasteiger partial charge is 0.370 e. The lowest BCUT2D eigenvalue weighted by molar-refractivity contribution is 0.581. The van der Waals surface area contributed by atoms with Crippen molar-refractivity contribution in [1.29, 1.82) is 0 Å². The van der Waals surface area contributed by atoms with Crippen LogP contribution in [0.15, 0.2) is 12.1 Å². The fraction of sp³-hybridized carbons (Fsp3) is 0.375. The summed E-state index contributed by atoms with van der Waals surface area (Å²) >= 11 is 0. The third kappa shape index (κ3) is 1.18. The summed E-state index contributed by atoms with van der Waals surface area (Å²) in [5.74, 6) is 0.314. The van der Waals surface area contributed by atoms with Crippen molar-refractivity contribution in [1.82, 2.24) is 4.98 Å². The summed E-state index contributed by atoms with van der Waals surface area (Å²) in [5.41, 5.74) is 1.12. The molecule has 0 saturated heterocycles. The van der Waals surface area contributed by atoms with Gasteiger partial charge in [0.1, 0.15) is 5.82 Å². The van der Waals surface area contributed by atoms with Crippen LogP contribution in [-0.4, -0.2) is 11.5 Å². The molecule has 1 aromatic rings. The van der Waals surface area contributed by atoms with E-state index in [1.165, 1.54) is 6.07 Å². The number of hydrogen-bond donors (Lipinski definition) is 1. The second-order valence-electron chi connectivity index (χ2n) is 2.67. The molecule has 1 aliphatic heterocycles. The molecule has 0 aromatic carbocycles. The van der Waals surface area contributed by atoms with Crippen molar-refractivity contribution in [3.63, 3.8) is 0 Å². The third-order valence-electron chi connectivity index (χ3n) is 1.86. The fourth-order valence-corrected chi connectivity index (χ4v) is 1.30. The summed E-state index contributed by atoms with van der Waals surface area (Å²) < 4.78 is 12.5. The van der Waals surface area contributed by atoms with E-state index in [-0.39, 0.29) is 0 Å². The first-order chi connectivity index (χ1) is 5.36. The average molecular weight is 152 g/mol. The molecule has 0 amide bonds. The first-order valence-electron chi connectivity index (χ1n) is 3.75. The zero-order chi connectivity index (χ0) is 7.68. The molecule has 0 fully saturated rings. The number of halogens is 1. The molecule has 3 heteroatoms. The van der Waals surface area contributed by atoms with E-state index in [4.69, 9.17) is 0 Å². The van der Waals surface area contributed by atoms with Crippen LogP contribution in [0.25, 0.3) is 0 Å². The zero-order valence-corrected chi connectivity index (χ0v) is 6.10. The van der Waals surface area contributed by atoms with Gasteiger partial charge in [-0.15, -0.1) is 0 Å². The van der Waals surface area contributed by atoms with Gasteiger partial charge >= 0.3 is 0 Å². The van der Waals surface area contributed by atoms with Crippen molar-refractivity contribution in [3.8, 4) is 0 Å². The number of hydrogen-bond acceptors (Lipinski definition) is 2. The Labute approximate surface area is 64.5 Å². The van der Waals surface area contributed by atoms with Crippen molar-refractivity contribution in [2.75, 3.05) is 11.9 Å². The van der Waals surface area contributed by atoms with Crippen molar-refractivity contribution < 1.29 is 4.39 Å². The van der Waals surface area contributed by atoms with Crippen molar-refractivity contribution in [2.24, 2.45) is 0 Å². The van der Waals surface area contributed by atoms with Crippen LogP contribution in [0.3, 0.4) is 0 Å². The molecule has 1 aliphatic rings. The highest BCUT2D eigenvalue weighted by atomic mass is 19.1. The summed E-state index contributed by atoms with van der Waals surface area (Å²) in [6.45, 7) is 0.906. The highest BCUT2D eigenvalue weighted by molar-refractivity contribution is 5.45. The van der Waals surface area contributed by atoms with Crippen LogP contribution < -0.4 is 5.32 Å². The first kappa shape index (κ1) is 6.58. The second-order valence-corrected chi connectivity index (χ2v) is 2.67. The Morgan fingerprint density at radius 2 is 2.36 bits per heavy atom. The minimum absolute atomic E-state index is 0.404. The molecule has 0 atom stereocenters. The molecular formula is C8H9FN2. The van der Waals surface area contributed by atoms with E-state index in [1.54, 1.807) is 6.07 Å². The van der Waals surface area contributed by atoms with Crippen molar-refractivity contribution in [2.45, 2.75) is 12.8 Å². The summed E-state index contributed by atoms with van der Waals surface area (Å²) in [5, 5.41) is 3.05. The Kier molecular flexibility index (Phi) is 1.49. The maximum atomic E-state index is 12.5. The molecule has 58 valence electrons. The molecule has 0 radical (unpaired) electrons. The van der Waals surface area contributed by atoms with Crippen LogP contribution in [0, 0.1) is 5.95 Å². The van der Waals surface area contributed by atoms with Gasteiger partial charge in [-0.3, -0.25) is 0 Å². The van der Waals surface area contributed by atoms with Crippen LogP contribution in [0.1, 0.15) is 12.0 Å². The molecule has 0 saturated carbocycles. The molecular weight excluding hydrogens is 143 g/mol. The smallest absolute Gasteiger partial charge is 0.214 e. The Bertz CT molecular complexity index is 273. The minimum Gasteiger partial charge on any atom is -0.370 e. The number of rotatable bonds is 0. The zero-order valence-electron chi connectivity index (χ0n) is 6.10. The Morgan fingerprint density at radius 3 is 3.27 bits per heavy atom. The molecule has 0 aliphatic carbocycles. The Hall–Kier alpha value is -1.12. The SMILES string of the molecule is Fc1ccc2c(n1)NCCC2. The third-order valence-corrected chi connectivity index (χ3v) is 1.86. The van der Waals surface area contributed by atoms with Gasteiger partial charge in [0.25, 0.3) is 0 Å². The molecule has 2 rings (SSSR count). The molecule has 0 spiro atoms. The maximum Gasteiger partial charge on any atom is 0.214 e. The molecule has 2 nitrogen and oxygen atoms in total. The lowest BCUT2D eigenvalue weighted by atomic mass is 10.1. The van der Waals surface area contributed by atoms with E-state index in [9.17, 15) is 4.39 Å². The van der Waals surface area contributed by atoms with E-state index in [0.717, 1.165) is 30.8 Å². The quantitative estimate of drug-likeness (QED) is 0.571. The molecule has 0 bridgehead atoms. The number of aryl methyl sites for hydroxylation is 1. The van der Waals surface area contributed by atoms with E-state index in [1.807, 2.05) is 0 Å². The molecule has 1 aromatic heterocycles. The molecule has 11 heavy (non-hydrogen) atoms. The second kappa shape index (κ2) is 2.49. The topological polar surface area (TPSA) is 24.9 Å². The first-order valence-corrected chi connectivity index (χ1v) is 3.75. The highest BCUT2D eigenvalue weighted by Crippen LogP contribution is 2.18. The number of fused-ring (bicyclic) bond motifs is 1. The van der Waals surface area contributed by atoms with Gasteiger partial charge in [-0.1, -0.05) is 6.07 Å². The fourth-order valence-electron chi connectivity index (χ4n) is 1.30. The molecule has 1 N–H and O–H groups in total. The monoisotopic (exact) mass is 152 g/mol. The summed E-state index contributed by atoms with van der Waals surface area (Å²) in [4.78, 5) is 3.74. The van der Waals surface area contributed by atoms with E-state index < -0.39 is 5.95 Å². The summed E-state index contributed by atoms with van der Waals surface area (Å²) in [6.07, 6.45) is 2.12. The van der Waals surface area contributed by atoms with Gasteiger partial charge in [-0.05, 0) is 24.5 Å². The lowest BCUT2D eigenvalue weighted by Gasteiger charge is -2.15. The minimum atomic E-state index is -0.404. The number of nitrogens with zero attached hydrogens (tertiary/aromatic N) is 1. The summed E-state index contributed by atoms with van der Waals surface area (Å²) in [6, 6.07) is 3.20. The van der Waals surface area contributed by atoms with Gasteiger partial charge in [-0.25, -0.2) is 4.98 Å². The number of pyridine rings is 1. The van der Waals surface area contributed by atoms with Crippen LogP contribution in [-0.2, 0) is 6.42 Å². The lowest BCUT2D eigenvalue weighted by Crippen LogP contribution is -2.13. The van der Waals surface area contributed by atoms with Gasteiger partial charge in [0.05, 0.1) is 0 Å². The van der Waals surface area contributed by atoms with Crippen LogP contribution in [0.5, 0.6) is 0 Å². The van der Waals surface area contributed by atoms with E-state index >= 15 is 0 Å². The van der Waals surface area contributed by atoms with Gasteiger partial charge in [-0.2, -0.15) is 4.39 Å². The standard InChI is InChI=1S/C8H9FN2/c9-7-4-3-6-2-1-5-10-8(6)11-7/h3-4H,1-2,5H2,(H,10,11). The normalized spacial score (nSPS) is 15.4. The average Bonchev–Trinajstić information content (AvgIpc) is 2.04. The number of aromatic nitrogens is 1. The predicted molar refractivity (Wildman–Crippen MR) is 41.0 cm³/mol. The molecule has 2 heterocycles. The maximum absolute atomic E-state index is 12.5. The van der Waals surface area contributed by atoms with Gasteiger partial charge in [0.2, 0.25) is 5.95 Å². The van der Waals surface area contributed by atoms with E-state index in [0.29, 0.717) is 0 Å². The predicted octanol–water partition coefficient (Wildman–Crippen LogP) is 1.58. The van der Waals surface area contributed by atoms with Crippen LogP contribution >= 0.6 is 0 Å². The van der Waals surface area contributed by atoms with Gasteiger partial charge in [0, 0.05) is 6.54 Å². The van der Waals surface area contributed by atoms with Crippen LogP contribution in [0.4, 0.5) is 10.2 Å². The van der Waals surface area contributed by atoms with Gasteiger partial charge < -0.3 is 5.32 Å². The van der Waals surface area contributed by atoms with Gasteiger partial charge in [0.15, 0.2) is 0 Å². The number of nitrogens with one attached hydrogen (secondary N) is 1. The van der Waals surface area contributed by atoms with Crippen molar-refractivity contribution >= 4 is 5.82 Å². The highest BCUT2D eigenvalue weighted by Gasteiger charge is 2.09.